The Bertz CT molecular complexity index is 1940. The summed E-state index contributed by atoms with van der Waals surface area (Å²) < 4.78 is 23.9. The van der Waals surface area contributed by atoms with Crippen LogP contribution >= 0.6 is 7.82 Å². The smallest absolute Gasteiger partial charge is 0.387 e. The third kappa shape index (κ3) is 76.1. The van der Waals surface area contributed by atoms with E-state index in [2.05, 4.69) is 129 Å². The predicted octanol–water partition coefficient (Wildman–Crippen LogP) is 25.9. The van der Waals surface area contributed by atoms with Gasteiger partial charge in [0.05, 0.1) is 39.9 Å². The highest BCUT2D eigenvalue weighted by Crippen LogP contribution is 2.43. The number of likely N-dealkylation sites (N-methyl/N-ethyl adjacent to an activating group) is 1. The number of nitrogens with zero attached hydrogens (tertiary/aromatic N) is 1. The van der Waals surface area contributed by atoms with Gasteiger partial charge in [0.2, 0.25) is 5.91 Å². The SMILES string of the molecule is CC/C=C\C/C=C\C/C=C\C/C=C\C/C=C\C/C=C\C/C=C\C/C=C\C/C=C\CCCCCCCCCCCCCCCC(=O)NC(COP(=O)(O)OCC[N+](C)(C)C)C(O)/C=C/CCCCCCCCCCCCCCCCCCCCCCCCCCCCCC. The van der Waals surface area contributed by atoms with Crippen LogP contribution < -0.4 is 5.32 Å². The molecular weight excluding hydrogens is 1160 g/mol. The number of quaternary nitrogens is 1. The van der Waals surface area contributed by atoms with Crippen molar-refractivity contribution in [3.8, 4) is 0 Å². The second kappa shape index (κ2) is 73.2. The fourth-order valence-corrected chi connectivity index (χ4v) is 12.1. The van der Waals surface area contributed by atoms with Crippen molar-refractivity contribution in [2.45, 2.75) is 366 Å². The Balaban J connectivity index is 4.04. The third-order valence-electron chi connectivity index (χ3n) is 17.4. The lowest BCUT2D eigenvalue weighted by Crippen LogP contribution is -2.45. The van der Waals surface area contributed by atoms with Crippen LogP contribution in [0.15, 0.2) is 122 Å². The summed E-state index contributed by atoms with van der Waals surface area (Å²) in [6.07, 6.45) is 109. The highest BCUT2D eigenvalue weighted by atomic mass is 31.2. The lowest BCUT2D eigenvalue weighted by molar-refractivity contribution is -0.870. The van der Waals surface area contributed by atoms with Gasteiger partial charge in [0, 0.05) is 6.42 Å². The molecule has 0 aromatic carbocycles. The molecule has 0 saturated carbocycles. The lowest BCUT2D eigenvalue weighted by atomic mass is 10.0. The number of unbranched alkanes of at least 4 members (excludes halogenated alkanes) is 41. The van der Waals surface area contributed by atoms with E-state index in [4.69, 9.17) is 9.05 Å². The zero-order valence-electron chi connectivity index (χ0n) is 61.7. The fourth-order valence-electron chi connectivity index (χ4n) is 11.4. The average Bonchev–Trinajstić information content (AvgIpc) is 2.75. The van der Waals surface area contributed by atoms with Gasteiger partial charge in [-0.25, -0.2) is 4.57 Å². The molecule has 3 atom stereocenters. The number of allylic oxidation sites excluding steroid dienone is 19. The molecule has 9 heteroatoms. The Hall–Kier alpha value is -3.10. The first-order valence-corrected chi connectivity index (χ1v) is 40.9. The number of amides is 1. The molecule has 3 N–H and O–H groups in total. The quantitative estimate of drug-likeness (QED) is 0.0243. The van der Waals surface area contributed by atoms with Gasteiger partial charge in [-0.3, -0.25) is 13.8 Å². The molecule has 0 spiro atoms. The maximum Gasteiger partial charge on any atom is 0.472 e. The van der Waals surface area contributed by atoms with E-state index < -0.39 is 20.0 Å². The Morgan fingerprint density at radius 2 is 0.645 bits per heavy atom. The van der Waals surface area contributed by atoms with Crippen molar-refractivity contribution in [1.29, 1.82) is 0 Å². The minimum Gasteiger partial charge on any atom is -0.387 e. The van der Waals surface area contributed by atoms with Gasteiger partial charge in [0.1, 0.15) is 13.2 Å². The standard InChI is InChI=1S/C84H151N2O6P/c1-6-8-10-12-14-16-18-20-22-24-26-28-30-32-34-36-38-39-40-41-42-43-44-45-46-47-48-50-52-54-56-58-60-62-64-66-68-70-72-74-76-78-84(88)85-82(81-92-93(89,90)91-80-79-86(3,4)5)83(87)77-75-73-71-69-67-65-63-61-59-57-55-53-51-49-37-35-33-31-29-27-25-23-21-19-17-15-13-11-9-7-2/h8,10,14,16,20,22,26,28,32,34,38-39,41-42,44-45,47-48,75,77,82-83,87H,6-7,9,11-13,15,17-19,21,23-25,27,29-31,33,35-37,40,43,46,49-74,76,78-81H2,1-5H3,(H-,85,88,89,90)/p+1/b10-8-,16-14-,22-20-,28-26-,34-32-,39-38-,42-41-,45-44-,48-47-,77-75+. The predicted molar refractivity (Wildman–Crippen MR) is 410 cm³/mol. The molecule has 3 unspecified atom stereocenters. The number of rotatable bonds is 72. The highest BCUT2D eigenvalue weighted by molar-refractivity contribution is 7.47. The van der Waals surface area contributed by atoms with E-state index in [1.807, 2.05) is 27.2 Å². The van der Waals surface area contributed by atoms with E-state index >= 15 is 0 Å². The van der Waals surface area contributed by atoms with E-state index in [0.29, 0.717) is 17.4 Å². The van der Waals surface area contributed by atoms with Crippen molar-refractivity contribution in [2.75, 3.05) is 40.9 Å². The van der Waals surface area contributed by atoms with Gasteiger partial charge in [-0.2, -0.15) is 0 Å². The van der Waals surface area contributed by atoms with E-state index in [1.54, 1.807) is 6.08 Å². The lowest BCUT2D eigenvalue weighted by Gasteiger charge is -2.25. The summed E-state index contributed by atoms with van der Waals surface area (Å²) in [4.78, 5) is 23.5. The van der Waals surface area contributed by atoms with Gasteiger partial charge in [-0.15, -0.1) is 0 Å². The summed E-state index contributed by atoms with van der Waals surface area (Å²) in [7, 11) is 1.57. The molecule has 1 amide bonds. The molecule has 538 valence electrons. The number of aliphatic hydroxyl groups is 1. The molecule has 0 radical (unpaired) electrons. The van der Waals surface area contributed by atoms with E-state index in [0.717, 1.165) is 96.3 Å². The van der Waals surface area contributed by atoms with E-state index in [-0.39, 0.29) is 19.1 Å². The van der Waals surface area contributed by atoms with E-state index in [9.17, 15) is 19.4 Å². The van der Waals surface area contributed by atoms with Crippen LogP contribution in [0.25, 0.3) is 0 Å². The molecule has 0 aliphatic carbocycles. The van der Waals surface area contributed by atoms with Gasteiger partial charge in [-0.1, -0.05) is 379 Å². The largest absolute Gasteiger partial charge is 0.472 e. The second-order valence-corrected chi connectivity index (χ2v) is 29.2. The number of carbonyl (C=O) groups is 1. The summed E-state index contributed by atoms with van der Waals surface area (Å²) in [5.74, 6) is -0.178. The van der Waals surface area contributed by atoms with Crippen LogP contribution in [0.2, 0.25) is 0 Å². The number of phosphoric acid groups is 1. The van der Waals surface area contributed by atoms with Crippen LogP contribution in [-0.4, -0.2) is 73.4 Å². The number of hydrogen-bond donors (Lipinski definition) is 3. The van der Waals surface area contributed by atoms with Gasteiger partial charge in [0.25, 0.3) is 0 Å². The zero-order valence-corrected chi connectivity index (χ0v) is 62.6. The third-order valence-corrected chi connectivity index (χ3v) is 18.4. The van der Waals surface area contributed by atoms with Crippen molar-refractivity contribution < 1.29 is 32.9 Å². The fraction of sp³-hybridized carbons (Fsp3) is 0.750. The maximum atomic E-state index is 13.1. The number of nitrogens with one attached hydrogen (secondary N) is 1. The molecule has 0 aliphatic heterocycles. The number of carbonyl (C=O) groups excluding carboxylic acids is 1. The molecule has 0 bridgehead atoms. The molecule has 0 saturated heterocycles. The number of hydrogen-bond acceptors (Lipinski definition) is 5. The van der Waals surface area contributed by atoms with E-state index in [1.165, 1.54) is 238 Å². The van der Waals surface area contributed by atoms with Crippen molar-refractivity contribution in [2.24, 2.45) is 0 Å². The molecule has 0 aromatic rings. The minimum atomic E-state index is -4.36. The Morgan fingerprint density at radius 3 is 0.946 bits per heavy atom. The van der Waals surface area contributed by atoms with Crippen LogP contribution in [0.4, 0.5) is 0 Å². The summed E-state index contributed by atoms with van der Waals surface area (Å²) >= 11 is 0. The van der Waals surface area contributed by atoms with Gasteiger partial charge >= 0.3 is 7.82 Å². The summed E-state index contributed by atoms with van der Waals surface area (Å²) in [6, 6.07) is -0.856. The Kier molecular flexibility index (Phi) is 70.7. The zero-order chi connectivity index (χ0) is 67.6. The van der Waals surface area contributed by atoms with Gasteiger partial charge in [0.15, 0.2) is 0 Å². The highest BCUT2D eigenvalue weighted by Gasteiger charge is 2.28. The van der Waals surface area contributed by atoms with Gasteiger partial charge < -0.3 is 19.8 Å². The maximum absolute atomic E-state index is 13.1. The van der Waals surface area contributed by atoms with Crippen LogP contribution in [0, 0.1) is 0 Å². The number of phosphoric ester groups is 1. The van der Waals surface area contributed by atoms with Crippen LogP contribution in [-0.2, 0) is 18.4 Å². The second-order valence-electron chi connectivity index (χ2n) is 27.7. The Labute approximate surface area is 577 Å². The van der Waals surface area contributed by atoms with Gasteiger partial charge in [-0.05, 0) is 89.9 Å². The minimum absolute atomic E-state index is 0.0579. The average molecular weight is 1320 g/mol. The first-order valence-electron chi connectivity index (χ1n) is 39.4. The van der Waals surface area contributed by atoms with Crippen molar-refractivity contribution in [3.63, 3.8) is 0 Å². The first kappa shape index (κ1) is 89.9. The molecule has 0 aromatic heterocycles. The summed E-state index contributed by atoms with van der Waals surface area (Å²) in [5, 5.41) is 14.1. The van der Waals surface area contributed by atoms with Crippen molar-refractivity contribution in [1.82, 2.24) is 5.32 Å². The first-order chi connectivity index (χ1) is 45.5. The number of aliphatic hydroxyl groups excluding tert-OH is 1. The Morgan fingerprint density at radius 1 is 0.376 bits per heavy atom. The molecule has 93 heavy (non-hydrogen) atoms. The topological polar surface area (TPSA) is 105 Å². The van der Waals surface area contributed by atoms with Crippen LogP contribution in [0.5, 0.6) is 0 Å². The molecule has 0 heterocycles. The molecular formula is C84H152N2O6P+. The summed E-state index contributed by atoms with van der Waals surface area (Å²) in [5.41, 5.74) is 0. The normalized spacial score (nSPS) is 14.2. The van der Waals surface area contributed by atoms with Crippen LogP contribution in [0.3, 0.4) is 0 Å². The monoisotopic (exact) mass is 1320 g/mol. The van der Waals surface area contributed by atoms with Crippen molar-refractivity contribution >= 4 is 13.7 Å². The summed E-state index contributed by atoms with van der Waals surface area (Å²) in [6.45, 7) is 4.74. The molecule has 0 rings (SSSR count). The molecule has 0 aliphatic rings. The molecule has 8 nitrogen and oxygen atoms in total. The molecule has 0 fully saturated rings. The van der Waals surface area contributed by atoms with Crippen LogP contribution in [0.1, 0.15) is 354 Å². The van der Waals surface area contributed by atoms with Crippen molar-refractivity contribution in [3.05, 3.63) is 122 Å².